The van der Waals surface area contributed by atoms with E-state index in [1.807, 2.05) is 0 Å². The summed E-state index contributed by atoms with van der Waals surface area (Å²) in [7, 11) is 0. The Hall–Kier alpha value is -2.72. The Kier molecular flexibility index (Phi) is 5.87. The largest absolute Gasteiger partial charge is 0.481 e. The first-order valence-electron chi connectivity index (χ1n) is 8.82. The molecule has 1 heterocycles. The second-order valence-corrected chi connectivity index (χ2v) is 7.68. The van der Waals surface area contributed by atoms with Gasteiger partial charge in [0.25, 0.3) is 0 Å². The summed E-state index contributed by atoms with van der Waals surface area (Å²) in [6, 6.07) is 7.28. The number of hydrogen-bond donors (Lipinski definition) is 2. The number of nitriles is 1. The van der Waals surface area contributed by atoms with Crippen molar-refractivity contribution >= 4 is 28.2 Å². The van der Waals surface area contributed by atoms with Crippen molar-refractivity contribution in [2.75, 3.05) is 5.32 Å². The van der Waals surface area contributed by atoms with Gasteiger partial charge in [-0.25, -0.2) is 4.39 Å². The Balaban J connectivity index is 1.77. The molecule has 1 atom stereocenters. The molecule has 1 amide bonds. The van der Waals surface area contributed by atoms with Crippen LogP contribution in [0, 0.1) is 17.1 Å². The van der Waals surface area contributed by atoms with E-state index in [0.717, 1.165) is 42.5 Å². The third-order valence-corrected chi connectivity index (χ3v) is 5.95. The van der Waals surface area contributed by atoms with Crippen molar-refractivity contribution < 1.29 is 19.1 Å². The Morgan fingerprint density at radius 2 is 1.93 bits per heavy atom. The van der Waals surface area contributed by atoms with Gasteiger partial charge in [-0.15, -0.1) is 11.3 Å². The highest BCUT2D eigenvalue weighted by atomic mass is 32.1. The minimum Gasteiger partial charge on any atom is -0.481 e. The van der Waals surface area contributed by atoms with Gasteiger partial charge in [-0.05, 0) is 48.9 Å². The van der Waals surface area contributed by atoms with Crippen molar-refractivity contribution in [3.63, 3.8) is 0 Å². The van der Waals surface area contributed by atoms with Crippen LogP contribution in [0.1, 0.15) is 53.2 Å². The molecule has 1 aromatic heterocycles. The Morgan fingerprint density at radius 3 is 2.59 bits per heavy atom. The molecule has 0 saturated carbocycles. The molecular weight excluding hydrogens is 367 g/mol. The Morgan fingerprint density at radius 1 is 1.22 bits per heavy atom. The summed E-state index contributed by atoms with van der Waals surface area (Å²) in [5, 5.41) is 22.2. The number of hydrogen-bond acceptors (Lipinski definition) is 4. The van der Waals surface area contributed by atoms with Crippen molar-refractivity contribution in [2.24, 2.45) is 0 Å². The summed E-state index contributed by atoms with van der Waals surface area (Å²) in [6.07, 6.45) is 4.67. The van der Waals surface area contributed by atoms with Crippen molar-refractivity contribution in [3.05, 3.63) is 51.7 Å². The van der Waals surface area contributed by atoms with E-state index in [0.29, 0.717) is 16.1 Å². The van der Waals surface area contributed by atoms with Crippen LogP contribution in [0.25, 0.3) is 0 Å². The SMILES string of the molecule is N#Cc1c(NC(=O)C[C@@H](C(=O)O)c2ccc(F)cc2)sc2c1CCCCC2. The quantitative estimate of drug-likeness (QED) is 0.753. The number of carbonyl (C=O) groups is 2. The van der Waals surface area contributed by atoms with Crippen LogP contribution in [0.5, 0.6) is 0 Å². The predicted octanol–water partition coefficient (Wildman–Crippen LogP) is 4.22. The van der Waals surface area contributed by atoms with E-state index < -0.39 is 23.6 Å². The van der Waals surface area contributed by atoms with E-state index in [1.165, 1.54) is 35.6 Å². The van der Waals surface area contributed by atoms with Crippen LogP contribution in [0.3, 0.4) is 0 Å². The normalized spacial score (nSPS) is 14.5. The third-order valence-electron chi connectivity index (χ3n) is 4.75. The van der Waals surface area contributed by atoms with Crippen LogP contribution < -0.4 is 5.32 Å². The number of anilines is 1. The van der Waals surface area contributed by atoms with Gasteiger partial charge in [0.1, 0.15) is 16.9 Å². The smallest absolute Gasteiger partial charge is 0.311 e. The number of amides is 1. The fourth-order valence-corrected chi connectivity index (χ4v) is 4.61. The molecule has 0 aliphatic heterocycles. The molecule has 0 saturated heterocycles. The van der Waals surface area contributed by atoms with Crippen molar-refractivity contribution in [3.8, 4) is 6.07 Å². The topological polar surface area (TPSA) is 90.2 Å². The van der Waals surface area contributed by atoms with E-state index in [2.05, 4.69) is 11.4 Å². The molecule has 0 fully saturated rings. The fraction of sp³-hybridized carbons (Fsp3) is 0.350. The number of carboxylic acids is 1. The Bertz CT molecular complexity index is 899. The molecule has 0 bridgehead atoms. The van der Waals surface area contributed by atoms with Crippen molar-refractivity contribution in [2.45, 2.75) is 44.4 Å². The molecule has 27 heavy (non-hydrogen) atoms. The number of thiophene rings is 1. The molecule has 1 aliphatic rings. The standard InChI is InChI=1S/C20H19FN2O3S/c21-13-8-6-12(7-9-13)15(20(25)26)10-18(24)23-19-16(11-22)14-4-2-1-3-5-17(14)27-19/h6-9,15H,1-5,10H2,(H,23,24)(H,25,26)/t15-/m1/s1. The van der Waals surface area contributed by atoms with Gasteiger partial charge in [-0.2, -0.15) is 5.26 Å². The van der Waals surface area contributed by atoms with Crippen molar-refractivity contribution in [1.29, 1.82) is 5.26 Å². The van der Waals surface area contributed by atoms with E-state index in [1.54, 1.807) is 0 Å². The number of carbonyl (C=O) groups excluding carboxylic acids is 1. The van der Waals surface area contributed by atoms with Crippen LogP contribution in [0.15, 0.2) is 24.3 Å². The zero-order chi connectivity index (χ0) is 19.4. The monoisotopic (exact) mass is 386 g/mol. The molecule has 0 unspecified atom stereocenters. The zero-order valence-corrected chi connectivity index (χ0v) is 15.4. The number of nitrogens with one attached hydrogen (secondary N) is 1. The number of benzene rings is 1. The van der Waals surface area contributed by atoms with Crippen LogP contribution in [0.4, 0.5) is 9.39 Å². The highest BCUT2D eigenvalue weighted by molar-refractivity contribution is 7.16. The minimum absolute atomic E-state index is 0.283. The van der Waals surface area contributed by atoms with Gasteiger partial charge in [0.15, 0.2) is 0 Å². The minimum atomic E-state index is -1.15. The molecule has 1 aromatic carbocycles. The lowest BCUT2D eigenvalue weighted by Gasteiger charge is -2.12. The average Bonchev–Trinajstić information content (AvgIpc) is 2.80. The molecule has 140 valence electrons. The maximum atomic E-state index is 13.1. The first-order valence-corrected chi connectivity index (χ1v) is 9.64. The Labute approximate surface area is 160 Å². The van der Waals surface area contributed by atoms with Crippen LogP contribution in [0.2, 0.25) is 0 Å². The van der Waals surface area contributed by atoms with Gasteiger partial charge in [0.2, 0.25) is 5.91 Å². The summed E-state index contributed by atoms with van der Waals surface area (Å²) >= 11 is 1.41. The van der Waals surface area contributed by atoms with Crippen molar-refractivity contribution in [1.82, 2.24) is 0 Å². The summed E-state index contributed by atoms with van der Waals surface area (Å²) in [5.74, 6) is -3.17. The number of carboxylic acid groups (broad SMARTS) is 1. The van der Waals surface area contributed by atoms with Gasteiger partial charge < -0.3 is 10.4 Å². The van der Waals surface area contributed by atoms with Crippen LogP contribution in [-0.2, 0) is 22.4 Å². The molecule has 2 aromatic rings. The first-order chi connectivity index (χ1) is 13.0. The zero-order valence-electron chi connectivity index (χ0n) is 14.6. The van der Waals surface area contributed by atoms with Crippen LogP contribution >= 0.6 is 11.3 Å². The lowest BCUT2D eigenvalue weighted by Crippen LogP contribution is -2.21. The average molecular weight is 386 g/mol. The summed E-state index contributed by atoms with van der Waals surface area (Å²) in [4.78, 5) is 25.2. The second kappa shape index (κ2) is 8.31. The molecular formula is C20H19FN2O3S. The molecule has 0 radical (unpaired) electrons. The summed E-state index contributed by atoms with van der Waals surface area (Å²) in [5.41, 5.74) is 1.88. The predicted molar refractivity (Wildman–Crippen MR) is 100 cm³/mol. The number of aliphatic carboxylic acids is 1. The van der Waals surface area contributed by atoms with Gasteiger partial charge >= 0.3 is 5.97 Å². The number of halogens is 1. The molecule has 0 spiro atoms. The molecule has 7 heteroatoms. The fourth-order valence-electron chi connectivity index (χ4n) is 3.35. The van der Waals surface area contributed by atoms with E-state index in [-0.39, 0.29) is 6.42 Å². The van der Waals surface area contributed by atoms with E-state index in [4.69, 9.17) is 0 Å². The third kappa shape index (κ3) is 4.34. The number of fused-ring (bicyclic) bond motifs is 1. The molecule has 2 N–H and O–H groups in total. The van der Waals surface area contributed by atoms with Gasteiger partial charge in [-0.1, -0.05) is 18.6 Å². The number of nitrogens with zero attached hydrogens (tertiary/aromatic N) is 1. The molecule has 1 aliphatic carbocycles. The summed E-state index contributed by atoms with van der Waals surface area (Å²) < 4.78 is 13.1. The molecule has 5 nitrogen and oxygen atoms in total. The number of rotatable bonds is 5. The lowest BCUT2D eigenvalue weighted by atomic mass is 9.95. The highest BCUT2D eigenvalue weighted by Gasteiger charge is 2.26. The van der Waals surface area contributed by atoms with Gasteiger partial charge in [0, 0.05) is 11.3 Å². The van der Waals surface area contributed by atoms with Crippen LogP contribution in [-0.4, -0.2) is 17.0 Å². The second-order valence-electron chi connectivity index (χ2n) is 6.58. The summed E-state index contributed by atoms with van der Waals surface area (Å²) in [6.45, 7) is 0. The maximum Gasteiger partial charge on any atom is 0.311 e. The van der Waals surface area contributed by atoms with Gasteiger partial charge in [-0.3, -0.25) is 9.59 Å². The lowest BCUT2D eigenvalue weighted by molar-refractivity contribution is -0.140. The maximum absolute atomic E-state index is 13.1. The van der Waals surface area contributed by atoms with E-state index in [9.17, 15) is 24.3 Å². The molecule has 3 rings (SSSR count). The van der Waals surface area contributed by atoms with Gasteiger partial charge in [0.05, 0.1) is 11.5 Å². The van der Waals surface area contributed by atoms with E-state index >= 15 is 0 Å². The first kappa shape index (κ1) is 19.1. The highest BCUT2D eigenvalue weighted by Crippen LogP contribution is 2.37. The number of aryl methyl sites for hydroxylation is 1.